The minimum atomic E-state index is 0.199. The van der Waals surface area contributed by atoms with Gasteiger partial charge in [-0.15, -0.1) is 11.8 Å². The molecule has 1 aromatic carbocycles. The van der Waals surface area contributed by atoms with Crippen LogP contribution in [0.5, 0.6) is 0 Å². The number of benzene rings is 1. The van der Waals surface area contributed by atoms with Gasteiger partial charge in [-0.2, -0.15) is 0 Å². The molecule has 118 valence electrons. The number of fused-ring (bicyclic) bond motifs is 1. The SMILES string of the molecule is Cc1nc(N2CC(CN)C2)c2ccc(SC(C)(C)C)cc2n1. The van der Waals surface area contributed by atoms with Gasteiger partial charge in [-0.05, 0) is 31.7 Å². The van der Waals surface area contributed by atoms with Gasteiger partial charge in [-0.25, -0.2) is 9.97 Å². The fraction of sp³-hybridized carbons (Fsp3) is 0.529. The summed E-state index contributed by atoms with van der Waals surface area (Å²) in [5.74, 6) is 2.48. The molecule has 22 heavy (non-hydrogen) atoms. The zero-order chi connectivity index (χ0) is 15.9. The van der Waals surface area contributed by atoms with Gasteiger partial charge in [0.05, 0.1) is 5.52 Å². The van der Waals surface area contributed by atoms with Crippen molar-refractivity contribution in [1.29, 1.82) is 0 Å². The molecular formula is C17H24N4S. The topological polar surface area (TPSA) is 55.0 Å². The summed E-state index contributed by atoms with van der Waals surface area (Å²) in [5, 5.41) is 1.14. The van der Waals surface area contributed by atoms with Gasteiger partial charge in [0.15, 0.2) is 0 Å². The summed E-state index contributed by atoms with van der Waals surface area (Å²) >= 11 is 1.87. The van der Waals surface area contributed by atoms with Crippen LogP contribution in [0.3, 0.4) is 0 Å². The fourth-order valence-electron chi connectivity index (χ4n) is 2.76. The second-order valence-corrected chi connectivity index (χ2v) is 8.89. The zero-order valence-corrected chi connectivity index (χ0v) is 14.6. The summed E-state index contributed by atoms with van der Waals surface area (Å²) in [6, 6.07) is 6.53. The third-order valence-corrected chi connectivity index (χ3v) is 4.88. The molecule has 5 heteroatoms. The minimum absolute atomic E-state index is 0.199. The van der Waals surface area contributed by atoms with Gasteiger partial charge in [-0.3, -0.25) is 0 Å². The molecule has 0 bridgehead atoms. The number of aryl methyl sites for hydroxylation is 1. The molecule has 0 unspecified atom stereocenters. The Balaban J connectivity index is 1.97. The molecule has 2 N–H and O–H groups in total. The number of anilines is 1. The van der Waals surface area contributed by atoms with Gasteiger partial charge in [-0.1, -0.05) is 20.8 Å². The first-order valence-corrected chi connectivity index (χ1v) is 8.60. The molecule has 1 saturated heterocycles. The Labute approximate surface area is 136 Å². The molecule has 2 heterocycles. The number of hydrogen-bond acceptors (Lipinski definition) is 5. The third kappa shape index (κ3) is 3.20. The highest BCUT2D eigenvalue weighted by molar-refractivity contribution is 8.00. The van der Waals surface area contributed by atoms with Crippen LogP contribution in [0.1, 0.15) is 26.6 Å². The molecule has 1 aromatic heterocycles. The predicted octanol–water partition coefficient (Wildman–Crippen LogP) is 3.22. The Morgan fingerprint density at radius 2 is 2.00 bits per heavy atom. The van der Waals surface area contributed by atoms with Crippen LogP contribution in [0.4, 0.5) is 5.82 Å². The molecular weight excluding hydrogens is 292 g/mol. The van der Waals surface area contributed by atoms with E-state index < -0.39 is 0 Å². The fourth-order valence-corrected chi connectivity index (χ4v) is 3.77. The average molecular weight is 316 g/mol. The van der Waals surface area contributed by atoms with E-state index in [2.05, 4.69) is 53.8 Å². The Morgan fingerprint density at radius 1 is 1.27 bits per heavy atom. The van der Waals surface area contributed by atoms with Crippen molar-refractivity contribution in [2.24, 2.45) is 11.7 Å². The van der Waals surface area contributed by atoms with Crippen molar-refractivity contribution in [1.82, 2.24) is 9.97 Å². The van der Waals surface area contributed by atoms with E-state index in [1.807, 2.05) is 18.7 Å². The third-order valence-electron chi connectivity index (χ3n) is 3.77. The summed E-state index contributed by atoms with van der Waals surface area (Å²) < 4.78 is 0.199. The second kappa shape index (κ2) is 5.70. The van der Waals surface area contributed by atoms with E-state index in [9.17, 15) is 0 Å². The lowest BCUT2D eigenvalue weighted by molar-refractivity contribution is 0.418. The first-order chi connectivity index (χ1) is 10.4. The normalized spacial score (nSPS) is 16.1. The van der Waals surface area contributed by atoms with Crippen molar-refractivity contribution in [3.8, 4) is 0 Å². The van der Waals surface area contributed by atoms with Crippen molar-refractivity contribution in [3.63, 3.8) is 0 Å². The lowest BCUT2D eigenvalue weighted by atomic mass is 10.00. The minimum Gasteiger partial charge on any atom is -0.355 e. The molecule has 1 aliphatic rings. The van der Waals surface area contributed by atoms with Crippen LogP contribution < -0.4 is 10.6 Å². The van der Waals surface area contributed by atoms with Gasteiger partial charge in [0, 0.05) is 34.0 Å². The van der Waals surface area contributed by atoms with Crippen LogP contribution in [0.25, 0.3) is 10.9 Å². The van der Waals surface area contributed by atoms with Gasteiger partial charge in [0.1, 0.15) is 11.6 Å². The van der Waals surface area contributed by atoms with Crippen LogP contribution in [0.2, 0.25) is 0 Å². The van der Waals surface area contributed by atoms with Crippen molar-refractivity contribution < 1.29 is 0 Å². The summed E-state index contributed by atoms with van der Waals surface area (Å²) in [6.45, 7) is 11.4. The summed E-state index contributed by atoms with van der Waals surface area (Å²) in [5.41, 5.74) is 6.77. The van der Waals surface area contributed by atoms with Crippen LogP contribution in [-0.4, -0.2) is 34.3 Å². The molecule has 0 radical (unpaired) electrons. The van der Waals surface area contributed by atoms with Crippen molar-refractivity contribution in [2.75, 3.05) is 24.5 Å². The van der Waals surface area contributed by atoms with E-state index in [4.69, 9.17) is 5.73 Å². The maximum atomic E-state index is 5.73. The lowest BCUT2D eigenvalue weighted by Crippen LogP contribution is -2.50. The average Bonchev–Trinajstić information content (AvgIpc) is 2.34. The van der Waals surface area contributed by atoms with Crippen LogP contribution >= 0.6 is 11.8 Å². The Morgan fingerprint density at radius 3 is 2.64 bits per heavy atom. The first kappa shape index (κ1) is 15.6. The first-order valence-electron chi connectivity index (χ1n) is 7.78. The predicted molar refractivity (Wildman–Crippen MR) is 94.6 cm³/mol. The molecule has 0 atom stereocenters. The second-order valence-electron chi connectivity index (χ2n) is 6.99. The highest BCUT2D eigenvalue weighted by atomic mass is 32.2. The Bertz CT molecular complexity index is 687. The Kier molecular flexibility index (Phi) is 4.03. The van der Waals surface area contributed by atoms with Crippen molar-refractivity contribution >= 4 is 28.5 Å². The van der Waals surface area contributed by atoms with Gasteiger partial charge >= 0.3 is 0 Å². The van der Waals surface area contributed by atoms with Crippen molar-refractivity contribution in [3.05, 3.63) is 24.0 Å². The smallest absolute Gasteiger partial charge is 0.140 e. The van der Waals surface area contributed by atoms with E-state index in [-0.39, 0.29) is 4.75 Å². The zero-order valence-electron chi connectivity index (χ0n) is 13.8. The molecule has 0 spiro atoms. The largest absolute Gasteiger partial charge is 0.355 e. The van der Waals surface area contributed by atoms with Gasteiger partial charge < -0.3 is 10.6 Å². The van der Waals surface area contributed by atoms with E-state index in [0.717, 1.165) is 42.2 Å². The number of aromatic nitrogens is 2. The molecule has 1 fully saturated rings. The molecule has 0 amide bonds. The van der Waals surface area contributed by atoms with Gasteiger partial charge in [0.25, 0.3) is 0 Å². The number of rotatable bonds is 3. The molecule has 3 rings (SSSR count). The maximum Gasteiger partial charge on any atom is 0.140 e. The summed E-state index contributed by atoms with van der Waals surface area (Å²) in [4.78, 5) is 12.9. The highest BCUT2D eigenvalue weighted by Crippen LogP contribution is 2.35. The van der Waals surface area contributed by atoms with Crippen LogP contribution in [0, 0.1) is 12.8 Å². The van der Waals surface area contributed by atoms with Crippen LogP contribution in [0.15, 0.2) is 23.1 Å². The quantitative estimate of drug-likeness (QED) is 0.881. The molecule has 0 aliphatic carbocycles. The number of hydrogen-bond donors (Lipinski definition) is 1. The molecule has 0 saturated carbocycles. The monoisotopic (exact) mass is 316 g/mol. The lowest BCUT2D eigenvalue weighted by Gasteiger charge is -2.40. The van der Waals surface area contributed by atoms with Crippen LogP contribution in [-0.2, 0) is 0 Å². The highest BCUT2D eigenvalue weighted by Gasteiger charge is 2.28. The Hall–Kier alpha value is -1.33. The number of thioether (sulfide) groups is 1. The van der Waals surface area contributed by atoms with E-state index >= 15 is 0 Å². The number of nitrogens with two attached hydrogens (primary N) is 1. The van der Waals surface area contributed by atoms with E-state index in [1.165, 1.54) is 4.90 Å². The van der Waals surface area contributed by atoms with Gasteiger partial charge in [0.2, 0.25) is 0 Å². The van der Waals surface area contributed by atoms with Crippen molar-refractivity contribution in [2.45, 2.75) is 37.3 Å². The molecule has 2 aromatic rings. The molecule has 4 nitrogen and oxygen atoms in total. The van der Waals surface area contributed by atoms with E-state index in [0.29, 0.717) is 5.92 Å². The maximum absolute atomic E-state index is 5.73. The standard InChI is InChI=1S/C17H24N4S/c1-11-19-15-7-13(22-17(2,3)4)5-6-14(15)16(20-11)21-9-12(8-18)10-21/h5-7,12H,8-10,18H2,1-4H3. The summed E-state index contributed by atoms with van der Waals surface area (Å²) in [6.07, 6.45) is 0. The number of nitrogens with zero attached hydrogens (tertiary/aromatic N) is 3. The molecule has 1 aliphatic heterocycles. The van der Waals surface area contributed by atoms with E-state index in [1.54, 1.807) is 0 Å². The summed E-state index contributed by atoms with van der Waals surface area (Å²) in [7, 11) is 0.